The molecule has 1 aliphatic heterocycles. The molecule has 0 bridgehead atoms. The van der Waals surface area contributed by atoms with Crippen molar-refractivity contribution in [1.29, 1.82) is 0 Å². The minimum absolute atomic E-state index is 0.337. The number of hydrogen-bond acceptors (Lipinski definition) is 8. The van der Waals surface area contributed by atoms with Gasteiger partial charge in [0.05, 0.1) is 11.0 Å². The van der Waals surface area contributed by atoms with E-state index in [1.165, 1.54) is 11.3 Å². The number of halogens is 1. The zero-order chi connectivity index (χ0) is 26.9. The van der Waals surface area contributed by atoms with Crippen LogP contribution in [0.1, 0.15) is 28.3 Å². The number of nitrogens with one attached hydrogen (secondary N) is 1. The highest BCUT2D eigenvalue weighted by molar-refractivity contribution is 7.16. The SMILES string of the molecule is C[C@@H](Oc1cc(-n2cnc3cc(-c4cnc(N5CCNCC5)nc4)ccc32)sc1C(N)=O)c1ccccc1Cl. The van der Waals surface area contributed by atoms with E-state index in [9.17, 15) is 4.79 Å². The predicted octanol–water partition coefficient (Wildman–Crippen LogP) is 4.85. The van der Waals surface area contributed by atoms with E-state index >= 15 is 0 Å². The van der Waals surface area contributed by atoms with Gasteiger partial charge in [-0.1, -0.05) is 35.9 Å². The summed E-state index contributed by atoms with van der Waals surface area (Å²) in [6.45, 7) is 5.55. The number of imidazole rings is 1. The molecule has 0 aliphatic carbocycles. The second kappa shape index (κ2) is 10.6. The van der Waals surface area contributed by atoms with Gasteiger partial charge < -0.3 is 20.7 Å². The van der Waals surface area contributed by atoms with Crippen LogP contribution in [0.25, 0.3) is 27.2 Å². The molecule has 0 saturated carbocycles. The van der Waals surface area contributed by atoms with Gasteiger partial charge in [0, 0.05) is 60.8 Å². The number of aromatic nitrogens is 4. The molecule has 39 heavy (non-hydrogen) atoms. The highest BCUT2D eigenvalue weighted by Crippen LogP contribution is 2.37. The number of anilines is 1. The van der Waals surface area contributed by atoms with Crippen LogP contribution in [0.4, 0.5) is 5.95 Å². The molecule has 1 amide bonds. The summed E-state index contributed by atoms with van der Waals surface area (Å²) in [6.07, 6.45) is 5.06. The van der Waals surface area contributed by atoms with Crippen molar-refractivity contribution in [3.05, 3.63) is 82.7 Å². The first-order valence-corrected chi connectivity index (χ1v) is 13.8. The van der Waals surface area contributed by atoms with Gasteiger partial charge in [0.2, 0.25) is 5.95 Å². The maximum Gasteiger partial charge on any atom is 0.262 e. The Morgan fingerprint density at radius 3 is 2.59 bits per heavy atom. The summed E-state index contributed by atoms with van der Waals surface area (Å²) in [7, 11) is 0. The van der Waals surface area contributed by atoms with E-state index in [2.05, 4.69) is 25.2 Å². The van der Waals surface area contributed by atoms with Gasteiger partial charge in [-0.3, -0.25) is 9.36 Å². The number of piperazine rings is 1. The number of carbonyl (C=O) groups excluding carboxylic acids is 1. The Labute approximate surface area is 234 Å². The molecule has 3 aromatic heterocycles. The number of amides is 1. The Morgan fingerprint density at radius 1 is 1.08 bits per heavy atom. The van der Waals surface area contributed by atoms with Crippen molar-refractivity contribution < 1.29 is 9.53 Å². The van der Waals surface area contributed by atoms with Crippen LogP contribution in [-0.2, 0) is 0 Å². The summed E-state index contributed by atoms with van der Waals surface area (Å²) >= 11 is 7.60. The Bertz CT molecular complexity index is 1640. The predicted molar refractivity (Wildman–Crippen MR) is 154 cm³/mol. The fraction of sp³-hybridized carbons (Fsp3) is 0.214. The zero-order valence-corrected chi connectivity index (χ0v) is 22.7. The third-order valence-electron chi connectivity index (χ3n) is 6.71. The minimum Gasteiger partial charge on any atom is -0.484 e. The minimum atomic E-state index is -0.552. The molecule has 9 nitrogen and oxygen atoms in total. The largest absolute Gasteiger partial charge is 0.484 e. The lowest BCUT2D eigenvalue weighted by Gasteiger charge is -2.27. The molecule has 1 saturated heterocycles. The fourth-order valence-electron chi connectivity index (χ4n) is 4.67. The Hall–Kier alpha value is -3.99. The maximum atomic E-state index is 12.3. The summed E-state index contributed by atoms with van der Waals surface area (Å²) in [5.74, 6) is 0.606. The number of rotatable bonds is 7. The molecule has 4 heterocycles. The lowest BCUT2D eigenvalue weighted by molar-refractivity contribution is 0.0998. The molecule has 198 valence electrons. The number of ether oxygens (including phenoxy) is 1. The van der Waals surface area contributed by atoms with Crippen molar-refractivity contribution in [2.24, 2.45) is 5.73 Å². The Balaban J connectivity index is 1.27. The summed E-state index contributed by atoms with van der Waals surface area (Å²) in [6, 6.07) is 15.3. The normalized spacial score (nSPS) is 14.5. The molecular weight excluding hydrogens is 534 g/mol. The van der Waals surface area contributed by atoms with E-state index in [0.29, 0.717) is 15.6 Å². The van der Waals surface area contributed by atoms with Crippen LogP contribution in [0.5, 0.6) is 5.75 Å². The lowest BCUT2D eigenvalue weighted by Crippen LogP contribution is -2.44. The van der Waals surface area contributed by atoms with Crippen molar-refractivity contribution in [1.82, 2.24) is 24.8 Å². The highest BCUT2D eigenvalue weighted by atomic mass is 35.5. The molecule has 5 aromatic rings. The molecule has 0 radical (unpaired) electrons. The third-order valence-corrected chi connectivity index (χ3v) is 8.19. The monoisotopic (exact) mass is 559 g/mol. The molecule has 1 aliphatic rings. The van der Waals surface area contributed by atoms with E-state index < -0.39 is 5.91 Å². The van der Waals surface area contributed by atoms with Crippen LogP contribution in [0.15, 0.2) is 67.3 Å². The van der Waals surface area contributed by atoms with Crippen LogP contribution in [0.3, 0.4) is 0 Å². The number of nitrogens with zero attached hydrogens (tertiary/aromatic N) is 5. The standard InChI is InChI=1S/C28H26ClN7O2S/c1-17(20-4-2-3-5-21(20)29)38-24-13-25(39-26(24)27(30)37)36-16-34-22-12-18(6-7-23(22)36)19-14-32-28(33-15-19)35-10-8-31-9-11-35/h2-7,12-17,31H,8-11H2,1H3,(H2,30,37)/t17-/m1/s1. The molecule has 1 atom stereocenters. The lowest BCUT2D eigenvalue weighted by atomic mass is 10.1. The number of carbonyl (C=O) groups is 1. The van der Waals surface area contributed by atoms with Gasteiger partial charge in [0.15, 0.2) is 0 Å². The maximum absolute atomic E-state index is 12.3. The first-order chi connectivity index (χ1) is 19.0. The van der Waals surface area contributed by atoms with Gasteiger partial charge in [0.25, 0.3) is 5.91 Å². The van der Waals surface area contributed by atoms with Gasteiger partial charge in [-0.25, -0.2) is 15.0 Å². The van der Waals surface area contributed by atoms with Crippen molar-refractivity contribution in [2.45, 2.75) is 13.0 Å². The highest BCUT2D eigenvalue weighted by Gasteiger charge is 2.21. The number of benzene rings is 2. The van der Waals surface area contributed by atoms with Crippen LogP contribution in [0, 0.1) is 0 Å². The Kier molecular flexibility index (Phi) is 6.90. The number of hydrogen-bond donors (Lipinski definition) is 2. The van der Waals surface area contributed by atoms with Crippen molar-refractivity contribution in [3.8, 4) is 21.9 Å². The molecule has 0 spiro atoms. The van der Waals surface area contributed by atoms with Gasteiger partial charge in [0.1, 0.15) is 28.1 Å². The molecule has 0 unspecified atom stereocenters. The van der Waals surface area contributed by atoms with E-state index in [0.717, 1.165) is 64.9 Å². The second-order valence-electron chi connectivity index (χ2n) is 9.25. The average molecular weight is 560 g/mol. The van der Waals surface area contributed by atoms with E-state index in [4.69, 9.17) is 22.1 Å². The van der Waals surface area contributed by atoms with Crippen molar-refractivity contribution in [3.63, 3.8) is 0 Å². The first kappa shape index (κ1) is 25.3. The third kappa shape index (κ3) is 5.06. The first-order valence-electron chi connectivity index (χ1n) is 12.6. The molecular formula is C28H26ClN7O2S. The zero-order valence-electron chi connectivity index (χ0n) is 21.2. The quantitative estimate of drug-likeness (QED) is 0.293. The van der Waals surface area contributed by atoms with Crippen LogP contribution >= 0.6 is 22.9 Å². The molecule has 11 heteroatoms. The fourth-order valence-corrected chi connectivity index (χ4v) is 5.88. The smallest absolute Gasteiger partial charge is 0.262 e. The molecule has 1 fully saturated rings. The van der Waals surface area contributed by atoms with E-state index in [1.54, 1.807) is 6.33 Å². The van der Waals surface area contributed by atoms with Crippen LogP contribution in [0.2, 0.25) is 5.02 Å². The molecule has 6 rings (SSSR count). The van der Waals surface area contributed by atoms with Crippen molar-refractivity contribution in [2.75, 3.05) is 31.1 Å². The molecule has 3 N–H and O–H groups in total. The van der Waals surface area contributed by atoms with Gasteiger partial charge in [-0.2, -0.15) is 0 Å². The number of fused-ring (bicyclic) bond motifs is 1. The second-order valence-corrected chi connectivity index (χ2v) is 10.7. The van der Waals surface area contributed by atoms with Gasteiger partial charge >= 0.3 is 0 Å². The number of nitrogens with two attached hydrogens (primary N) is 1. The van der Waals surface area contributed by atoms with Crippen LogP contribution < -0.4 is 20.7 Å². The average Bonchev–Trinajstić information content (AvgIpc) is 3.57. The van der Waals surface area contributed by atoms with Gasteiger partial charge in [-0.15, -0.1) is 11.3 Å². The number of primary amides is 1. The van der Waals surface area contributed by atoms with Crippen molar-refractivity contribution >= 4 is 45.8 Å². The summed E-state index contributed by atoms with van der Waals surface area (Å²) < 4.78 is 8.09. The summed E-state index contributed by atoms with van der Waals surface area (Å²) in [4.78, 5) is 28.6. The Morgan fingerprint density at radius 2 is 1.85 bits per heavy atom. The van der Waals surface area contributed by atoms with E-state index in [-0.39, 0.29) is 6.10 Å². The topological polar surface area (TPSA) is 111 Å². The molecule has 2 aromatic carbocycles. The van der Waals surface area contributed by atoms with Gasteiger partial charge in [-0.05, 0) is 30.7 Å². The summed E-state index contributed by atoms with van der Waals surface area (Å²) in [5, 5.41) is 4.71. The number of thiophene rings is 1. The van der Waals surface area contributed by atoms with Crippen LogP contribution in [-0.4, -0.2) is 51.6 Å². The summed E-state index contributed by atoms with van der Waals surface area (Å²) in [5.41, 5.74) is 10.1. The van der Waals surface area contributed by atoms with E-state index in [1.807, 2.05) is 72.4 Å².